The molecule has 1 rings (SSSR count). The van der Waals surface area contributed by atoms with Crippen molar-refractivity contribution in [2.45, 2.75) is 19.4 Å². The zero-order chi connectivity index (χ0) is 15.0. The van der Waals surface area contributed by atoms with Crippen molar-refractivity contribution in [3.63, 3.8) is 0 Å². The van der Waals surface area contributed by atoms with Crippen molar-refractivity contribution in [2.24, 2.45) is 0 Å². The molecule has 114 valence electrons. The summed E-state index contributed by atoms with van der Waals surface area (Å²) in [7, 11) is -1.84. The molecule has 7 heteroatoms. The quantitative estimate of drug-likeness (QED) is 0.560. The molecule has 0 aliphatic rings. The molecule has 0 spiro atoms. The van der Waals surface area contributed by atoms with Crippen LogP contribution in [0.3, 0.4) is 0 Å². The molecule has 0 bridgehead atoms. The van der Waals surface area contributed by atoms with Crippen LogP contribution in [0.15, 0.2) is 24.3 Å². The van der Waals surface area contributed by atoms with Crippen molar-refractivity contribution in [1.82, 2.24) is 4.72 Å². The average Bonchev–Trinajstić information content (AvgIpc) is 2.38. The minimum atomic E-state index is -3.36. The van der Waals surface area contributed by atoms with Crippen molar-refractivity contribution in [1.29, 1.82) is 0 Å². The fourth-order valence-corrected chi connectivity index (χ4v) is 3.29. The molecule has 0 fully saturated rings. The third-order valence-corrected chi connectivity index (χ3v) is 4.51. The molecule has 0 amide bonds. The van der Waals surface area contributed by atoms with Gasteiger partial charge in [0.25, 0.3) is 0 Å². The Hall–Kier alpha value is -0.660. The zero-order valence-corrected chi connectivity index (χ0v) is 13.2. The number of halogens is 1. The number of ether oxygens (including phenoxy) is 2. The Labute approximate surface area is 125 Å². The lowest BCUT2D eigenvalue weighted by atomic mass is 10.1. The van der Waals surface area contributed by atoms with Crippen LogP contribution in [0, 0.1) is 0 Å². The minimum absolute atomic E-state index is 0.00546. The lowest BCUT2D eigenvalue weighted by molar-refractivity contribution is -0.0298. The molecule has 5 nitrogen and oxygen atoms in total. The molecule has 0 aromatic heterocycles. The first-order valence-electron chi connectivity index (χ1n) is 6.27. The van der Waals surface area contributed by atoms with E-state index < -0.39 is 10.0 Å². The van der Waals surface area contributed by atoms with Gasteiger partial charge in [-0.2, -0.15) is 0 Å². The molecule has 0 heterocycles. The van der Waals surface area contributed by atoms with Crippen LogP contribution in [-0.4, -0.2) is 34.7 Å². The summed E-state index contributed by atoms with van der Waals surface area (Å²) in [6.45, 7) is 2.28. The van der Waals surface area contributed by atoms with Crippen LogP contribution >= 0.6 is 11.6 Å². The van der Waals surface area contributed by atoms with Crippen molar-refractivity contribution in [3.8, 4) is 0 Å². The third-order valence-electron chi connectivity index (χ3n) is 2.63. The molecule has 1 aromatic carbocycles. The number of hydrogen-bond donors (Lipinski definition) is 1. The predicted molar refractivity (Wildman–Crippen MR) is 79.2 cm³/mol. The van der Waals surface area contributed by atoms with E-state index in [9.17, 15) is 8.42 Å². The van der Waals surface area contributed by atoms with Gasteiger partial charge in [-0.05, 0) is 25.0 Å². The third kappa shape index (κ3) is 6.19. The van der Waals surface area contributed by atoms with Gasteiger partial charge < -0.3 is 9.47 Å². The maximum Gasteiger partial charge on any atom is 0.212 e. The molecule has 0 saturated heterocycles. The summed E-state index contributed by atoms with van der Waals surface area (Å²) in [5.74, 6) is 0.00546. The zero-order valence-electron chi connectivity index (χ0n) is 11.6. The van der Waals surface area contributed by atoms with Gasteiger partial charge in [0.1, 0.15) is 6.79 Å². The molecule has 0 aliphatic carbocycles. The van der Waals surface area contributed by atoms with Gasteiger partial charge in [-0.25, -0.2) is 13.1 Å². The largest absolute Gasteiger partial charge is 0.359 e. The van der Waals surface area contributed by atoms with Crippen LogP contribution < -0.4 is 4.72 Å². The second-order valence-corrected chi connectivity index (χ2v) is 6.63. The van der Waals surface area contributed by atoms with Crippen LogP contribution in [0.2, 0.25) is 5.02 Å². The molecule has 0 saturated carbocycles. The second-order valence-electron chi connectivity index (χ2n) is 4.35. The molecule has 1 N–H and O–H groups in total. The first-order chi connectivity index (χ1) is 9.46. The normalized spacial score (nSPS) is 13.3. The first-order valence-corrected chi connectivity index (χ1v) is 8.30. The van der Waals surface area contributed by atoms with E-state index in [1.165, 1.54) is 7.11 Å². The Morgan fingerprint density at radius 3 is 2.70 bits per heavy atom. The van der Waals surface area contributed by atoms with Gasteiger partial charge in [0.15, 0.2) is 0 Å². The number of rotatable bonds is 9. The highest BCUT2D eigenvalue weighted by molar-refractivity contribution is 7.89. The van der Waals surface area contributed by atoms with Gasteiger partial charge >= 0.3 is 0 Å². The highest BCUT2D eigenvalue weighted by Gasteiger charge is 2.17. The minimum Gasteiger partial charge on any atom is -0.359 e. The summed E-state index contributed by atoms with van der Waals surface area (Å²) in [4.78, 5) is 0. The molecule has 0 radical (unpaired) electrons. The van der Waals surface area contributed by atoms with Gasteiger partial charge in [0.05, 0.1) is 12.4 Å². The highest BCUT2D eigenvalue weighted by atomic mass is 35.5. The molecule has 0 unspecified atom stereocenters. The standard InChI is InChI=1S/C13H20ClNO4S/c1-11(12-6-3-4-7-13(12)14)15-20(16,17)9-5-8-19-10-18-2/h3-4,6-7,11,15H,5,8-10H2,1-2H3/t11-/m1/s1. The van der Waals surface area contributed by atoms with Crippen LogP contribution in [0.25, 0.3) is 0 Å². The molecular weight excluding hydrogens is 302 g/mol. The molecule has 20 heavy (non-hydrogen) atoms. The van der Waals surface area contributed by atoms with Crippen LogP contribution in [0.4, 0.5) is 0 Å². The fraction of sp³-hybridized carbons (Fsp3) is 0.538. The molecular formula is C13H20ClNO4S. The Balaban J connectivity index is 2.47. The topological polar surface area (TPSA) is 64.6 Å². The summed E-state index contributed by atoms with van der Waals surface area (Å²) in [6, 6.07) is 6.80. The second kappa shape index (κ2) is 8.59. The summed E-state index contributed by atoms with van der Waals surface area (Å²) in [5, 5.41) is 0.547. The van der Waals surface area contributed by atoms with Crippen LogP contribution in [-0.2, 0) is 19.5 Å². The Bertz CT molecular complexity index is 507. The van der Waals surface area contributed by atoms with Gasteiger partial charge in [-0.1, -0.05) is 29.8 Å². The Morgan fingerprint density at radius 2 is 2.05 bits per heavy atom. The van der Waals surface area contributed by atoms with Gasteiger partial charge in [0, 0.05) is 18.2 Å². The maximum absolute atomic E-state index is 11.9. The van der Waals surface area contributed by atoms with E-state index in [4.69, 9.17) is 21.1 Å². The van der Waals surface area contributed by atoms with E-state index >= 15 is 0 Å². The smallest absolute Gasteiger partial charge is 0.212 e. The lowest BCUT2D eigenvalue weighted by Crippen LogP contribution is -2.29. The van der Waals surface area contributed by atoms with Crippen molar-refractivity contribution in [2.75, 3.05) is 26.3 Å². The summed E-state index contributed by atoms with van der Waals surface area (Å²) >= 11 is 6.04. The van der Waals surface area contributed by atoms with E-state index in [0.29, 0.717) is 18.1 Å². The average molecular weight is 322 g/mol. The molecule has 1 atom stereocenters. The summed E-state index contributed by atoms with van der Waals surface area (Å²) in [5.41, 5.74) is 0.758. The number of sulfonamides is 1. The van der Waals surface area contributed by atoms with Crippen molar-refractivity contribution in [3.05, 3.63) is 34.9 Å². The Kier molecular flexibility index (Phi) is 7.47. The van der Waals surface area contributed by atoms with Gasteiger partial charge in [-0.3, -0.25) is 0 Å². The number of methoxy groups -OCH3 is 1. The van der Waals surface area contributed by atoms with Crippen LogP contribution in [0.5, 0.6) is 0 Å². The lowest BCUT2D eigenvalue weighted by Gasteiger charge is -2.15. The molecule has 0 aliphatic heterocycles. The van der Waals surface area contributed by atoms with E-state index in [1.807, 2.05) is 6.07 Å². The van der Waals surface area contributed by atoms with E-state index in [2.05, 4.69) is 4.72 Å². The summed E-state index contributed by atoms with van der Waals surface area (Å²) < 4.78 is 36.2. The maximum atomic E-state index is 11.9. The Morgan fingerprint density at radius 1 is 1.35 bits per heavy atom. The van der Waals surface area contributed by atoms with Gasteiger partial charge in [0.2, 0.25) is 10.0 Å². The number of benzene rings is 1. The van der Waals surface area contributed by atoms with Crippen molar-refractivity contribution >= 4 is 21.6 Å². The fourth-order valence-electron chi connectivity index (χ4n) is 1.71. The highest BCUT2D eigenvalue weighted by Crippen LogP contribution is 2.22. The van der Waals surface area contributed by atoms with Gasteiger partial charge in [-0.15, -0.1) is 0 Å². The van der Waals surface area contributed by atoms with E-state index in [0.717, 1.165) is 5.56 Å². The van der Waals surface area contributed by atoms with E-state index in [-0.39, 0.29) is 18.6 Å². The first kappa shape index (κ1) is 17.4. The number of nitrogens with one attached hydrogen (secondary N) is 1. The molecule has 1 aromatic rings. The van der Waals surface area contributed by atoms with Crippen LogP contribution in [0.1, 0.15) is 24.9 Å². The van der Waals surface area contributed by atoms with Crippen molar-refractivity contribution < 1.29 is 17.9 Å². The monoisotopic (exact) mass is 321 g/mol. The SMILES string of the molecule is COCOCCCS(=O)(=O)N[C@H](C)c1ccccc1Cl. The summed E-state index contributed by atoms with van der Waals surface area (Å²) in [6.07, 6.45) is 0.411. The predicted octanol–water partition coefficient (Wildman–Crippen LogP) is 2.33. The number of hydrogen-bond acceptors (Lipinski definition) is 4. The van der Waals surface area contributed by atoms with E-state index in [1.54, 1.807) is 25.1 Å².